The van der Waals surface area contributed by atoms with Crippen LogP contribution in [0.5, 0.6) is 0 Å². The van der Waals surface area contributed by atoms with Gasteiger partial charge in [0.1, 0.15) is 0 Å². The van der Waals surface area contributed by atoms with Crippen molar-refractivity contribution in [1.29, 1.82) is 0 Å². The van der Waals surface area contributed by atoms with Gasteiger partial charge < -0.3 is 5.73 Å². The first-order chi connectivity index (χ1) is 13.4. The van der Waals surface area contributed by atoms with Crippen LogP contribution >= 0.6 is 11.8 Å². The number of aromatic nitrogens is 2. The minimum atomic E-state index is -0.893. The average Bonchev–Trinajstić information content (AvgIpc) is 2.63. The zero-order valence-corrected chi connectivity index (χ0v) is 17.3. The fraction of sp³-hybridized carbons (Fsp3) is 0.500. The van der Waals surface area contributed by atoms with Crippen LogP contribution in [0, 0.1) is 5.92 Å². The van der Waals surface area contributed by atoms with E-state index in [2.05, 4.69) is 18.8 Å². The molecule has 8 heteroatoms. The Bertz CT molecular complexity index is 879. The lowest BCUT2D eigenvalue weighted by Crippen LogP contribution is -2.36. The average molecular weight is 405 g/mol. The molecule has 3 N–H and O–H groups in total. The van der Waals surface area contributed by atoms with Gasteiger partial charge in [-0.25, -0.2) is 9.78 Å². The van der Waals surface area contributed by atoms with Crippen LogP contribution in [0.1, 0.15) is 46.0 Å². The van der Waals surface area contributed by atoms with E-state index in [-0.39, 0.29) is 11.3 Å². The van der Waals surface area contributed by atoms with Gasteiger partial charge in [-0.15, -0.1) is 0 Å². The third-order valence-corrected chi connectivity index (χ3v) is 5.31. The minimum absolute atomic E-state index is 0.0396. The van der Waals surface area contributed by atoms with Crippen LogP contribution in [-0.2, 0) is 11.3 Å². The molecule has 1 aromatic carbocycles. The Morgan fingerprint density at radius 3 is 2.61 bits per heavy atom. The summed E-state index contributed by atoms with van der Waals surface area (Å²) in [6.45, 7) is 4.99. The van der Waals surface area contributed by atoms with Crippen molar-refractivity contribution < 1.29 is 9.59 Å². The van der Waals surface area contributed by atoms with Gasteiger partial charge in [-0.1, -0.05) is 63.4 Å². The Kier molecular flexibility index (Phi) is 8.50. The van der Waals surface area contributed by atoms with Crippen molar-refractivity contribution in [3.05, 3.63) is 34.6 Å². The van der Waals surface area contributed by atoms with Crippen molar-refractivity contribution in [2.24, 2.45) is 11.7 Å². The summed E-state index contributed by atoms with van der Waals surface area (Å²) in [7, 11) is 0. The highest BCUT2D eigenvalue weighted by molar-refractivity contribution is 7.99. The number of nitrogens with one attached hydrogen (secondary N) is 1. The van der Waals surface area contributed by atoms with Gasteiger partial charge in [0.2, 0.25) is 5.91 Å². The van der Waals surface area contributed by atoms with Gasteiger partial charge in [0, 0.05) is 6.54 Å². The molecule has 0 saturated heterocycles. The normalized spacial score (nSPS) is 11.1. The molecular weight excluding hydrogens is 376 g/mol. The summed E-state index contributed by atoms with van der Waals surface area (Å²) in [5.74, 6) is 0.157. The van der Waals surface area contributed by atoms with E-state index >= 15 is 0 Å². The fourth-order valence-electron chi connectivity index (χ4n) is 2.93. The van der Waals surface area contributed by atoms with E-state index in [1.807, 2.05) is 17.4 Å². The number of imide groups is 1. The molecule has 0 spiro atoms. The quantitative estimate of drug-likeness (QED) is 0.359. The molecular formula is C20H28N4O3S. The maximum Gasteiger partial charge on any atom is 0.318 e. The van der Waals surface area contributed by atoms with Gasteiger partial charge in [0.15, 0.2) is 5.16 Å². The molecule has 0 fully saturated rings. The number of urea groups is 1. The van der Waals surface area contributed by atoms with E-state index < -0.39 is 11.9 Å². The highest BCUT2D eigenvalue weighted by Gasteiger charge is 2.13. The first-order valence-electron chi connectivity index (χ1n) is 9.60. The van der Waals surface area contributed by atoms with E-state index in [0.29, 0.717) is 28.5 Å². The second-order valence-corrected chi connectivity index (χ2v) is 8.11. The van der Waals surface area contributed by atoms with Gasteiger partial charge >= 0.3 is 6.03 Å². The van der Waals surface area contributed by atoms with Crippen LogP contribution < -0.4 is 16.6 Å². The summed E-state index contributed by atoms with van der Waals surface area (Å²) in [5, 5.41) is 3.06. The van der Waals surface area contributed by atoms with Crippen LogP contribution in [0.2, 0.25) is 0 Å². The smallest absolute Gasteiger partial charge is 0.318 e. The number of carbonyl (C=O) groups excluding carboxylic acids is 2. The SMILES string of the molecule is CC(C)CCCCCCn1c(SCC(=O)NC(N)=O)nc2ccccc2c1=O. The second kappa shape index (κ2) is 10.8. The first kappa shape index (κ1) is 21.9. The van der Waals surface area contributed by atoms with Gasteiger partial charge in [0.25, 0.3) is 5.56 Å². The van der Waals surface area contributed by atoms with Gasteiger partial charge in [-0.2, -0.15) is 0 Å². The molecule has 0 bridgehead atoms. The van der Waals surface area contributed by atoms with Crippen LogP contribution in [0.15, 0.2) is 34.2 Å². The summed E-state index contributed by atoms with van der Waals surface area (Å²) >= 11 is 1.13. The van der Waals surface area contributed by atoms with Crippen molar-refractivity contribution in [2.75, 3.05) is 5.75 Å². The Morgan fingerprint density at radius 2 is 1.89 bits per heavy atom. The number of nitrogens with two attached hydrogens (primary N) is 1. The fourth-order valence-corrected chi connectivity index (χ4v) is 3.76. The van der Waals surface area contributed by atoms with Crippen molar-refractivity contribution in [3.8, 4) is 0 Å². The third-order valence-electron chi connectivity index (χ3n) is 4.33. The number of nitrogens with zero attached hydrogens (tertiary/aromatic N) is 2. The number of fused-ring (bicyclic) bond motifs is 1. The van der Waals surface area contributed by atoms with E-state index in [1.54, 1.807) is 16.7 Å². The highest BCUT2D eigenvalue weighted by Crippen LogP contribution is 2.19. The lowest BCUT2D eigenvalue weighted by Gasteiger charge is -2.13. The van der Waals surface area contributed by atoms with Crippen LogP contribution in [0.4, 0.5) is 4.79 Å². The summed E-state index contributed by atoms with van der Waals surface area (Å²) < 4.78 is 1.63. The number of amides is 3. The third kappa shape index (κ3) is 6.67. The van der Waals surface area contributed by atoms with Gasteiger partial charge in [-0.3, -0.25) is 19.5 Å². The van der Waals surface area contributed by atoms with Crippen molar-refractivity contribution >= 4 is 34.6 Å². The van der Waals surface area contributed by atoms with E-state index in [4.69, 9.17) is 5.73 Å². The molecule has 1 heterocycles. The number of rotatable bonds is 10. The zero-order chi connectivity index (χ0) is 20.5. The summed E-state index contributed by atoms with van der Waals surface area (Å²) in [5.41, 5.74) is 5.45. The Hall–Kier alpha value is -2.35. The lowest BCUT2D eigenvalue weighted by molar-refractivity contribution is -0.117. The number of benzene rings is 1. The van der Waals surface area contributed by atoms with E-state index in [1.165, 1.54) is 12.8 Å². The molecule has 152 valence electrons. The van der Waals surface area contributed by atoms with Crippen molar-refractivity contribution in [3.63, 3.8) is 0 Å². The number of unbranched alkanes of at least 4 members (excludes halogenated alkanes) is 3. The first-order valence-corrected chi connectivity index (χ1v) is 10.6. The molecule has 0 saturated carbocycles. The van der Waals surface area contributed by atoms with E-state index in [9.17, 15) is 14.4 Å². The largest absolute Gasteiger partial charge is 0.351 e. The van der Waals surface area contributed by atoms with Gasteiger partial charge in [0.05, 0.1) is 16.7 Å². The predicted molar refractivity (Wildman–Crippen MR) is 112 cm³/mol. The molecule has 28 heavy (non-hydrogen) atoms. The Labute approximate surface area is 169 Å². The number of hydrogen-bond donors (Lipinski definition) is 2. The van der Waals surface area contributed by atoms with Crippen molar-refractivity contribution in [2.45, 2.75) is 57.7 Å². The Balaban J connectivity index is 2.11. The molecule has 2 aromatic rings. The maximum atomic E-state index is 12.9. The van der Waals surface area contributed by atoms with Gasteiger partial charge in [-0.05, 0) is 24.5 Å². The number of hydrogen-bond acceptors (Lipinski definition) is 5. The zero-order valence-electron chi connectivity index (χ0n) is 16.4. The summed E-state index contributed by atoms with van der Waals surface area (Å²) in [6, 6.07) is 6.28. The molecule has 0 aliphatic rings. The Morgan fingerprint density at radius 1 is 1.18 bits per heavy atom. The monoisotopic (exact) mass is 404 g/mol. The van der Waals surface area contributed by atoms with Crippen LogP contribution in [0.25, 0.3) is 10.9 Å². The number of carbonyl (C=O) groups is 2. The molecule has 3 amide bonds. The number of thioether (sulfide) groups is 1. The lowest BCUT2D eigenvalue weighted by atomic mass is 10.0. The molecule has 7 nitrogen and oxygen atoms in total. The predicted octanol–water partition coefficient (Wildman–Crippen LogP) is 3.29. The molecule has 0 unspecified atom stereocenters. The van der Waals surface area contributed by atoms with E-state index in [0.717, 1.165) is 31.0 Å². The topological polar surface area (TPSA) is 107 Å². The maximum absolute atomic E-state index is 12.9. The standard InChI is InChI=1S/C20H28N4O3S/c1-14(2)9-5-3-4-8-12-24-18(26)15-10-6-7-11-16(15)22-20(24)28-13-17(25)23-19(21)27/h6-7,10-11,14H,3-5,8-9,12-13H2,1-2H3,(H3,21,23,25,27). The molecule has 0 radical (unpaired) electrons. The molecule has 2 rings (SSSR count). The summed E-state index contributed by atoms with van der Waals surface area (Å²) in [4.78, 5) is 40.0. The van der Waals surface area contributed by atoms with Crippen LogP contribution in [-0.4, -0.2) is 27.2 Å². The second-order valence-electron chi connectivity index (χ2n) is 7.17. The minimum Gasteiger partial charge on any atom is -0.351 e. The highest BCUT2D eigenvalue weighted by atomic mass is 32.2. The molecule has 1 aromatic heterocycles. The molecule has 0 atom stereocenters. The molecule has 0 aliphatic heterocycles. The van der Waals surface area contributed by atoms with Crippen LogP contribution in [0.3, 0.4) is 0 Å². The molecule has 0 aliphatic carbocycles. The summed E-state index contributed by atoms with van der Waals surface area (Å²) in [6.07, 6.45) is 5.46. The number of para-hydroxylation sites is 1. The number of primary amides is 1. The van der Waals surface area contributed by atoms with Crippen molar-refractivity contribution in [1.82, 2.24) is 14.9 Å².